The van der Waals surface area contributed by atoms with E-state index < -0.39 is 34.3 Å². The number of nitrogens with one attached hydrogen (secondary N) is 1. The monoisotopic (exact) mass is 617 g/mol. The highest BCUT2D eigenvalue weighted by Gasteiger charge is 2.33. The highest BCUT2D eigenvalue weighted by Crippen LogP contribution is 2.28. The van der Waals surface area contributed by atoms with Gasteiger partial charge in [0.25, 0.3) is 0 Å². The predicted molar refractivity (Wildman–Crippen MR) is 155 cm³/mol. The fourth-order valence-corrected chi connectivity index (χ4v) is 5.49. The van der Waals surface area contributed by atoms with Crippen LogP contribution in [-0.2, 0) is 32.6 Å². The molecule has 0 unspecified atom stereocenters. The Morgan fingerprint density at radius 2 is 1.54 bits per heavy atom. The molecule has 7 nitrogen and oxygen atoms in total. The van der Waals surface area contributed by atoms with Crippen molar-refractivity contribution < 1.29 is 22.4 Å². The summed E-state index contributed by atoms with van der Waals surface area (Å²) in [4.78, 5) is 28.9. The van der Waals surface area contributed by atoms with Gasteiger partial charge in [0.05, 0.1) is 11.9 Å². The van der Waals surface area contributed by atoms with E-state index in [-0.39, 0.29) is 24.8 Å². The average Bonchev–Trinajstić information content (AvgIpc) is 2.89. The fourth-order valence-electron chi connectivity index (χ4n) is 4.01. The molecule has 0 spiro atoms. The van der Waals surface area contributed by atoms with Crippen LogP contribution in [0, 0.1) is 11.7 Å². The first-order chi connectivity index (χ1) is 18.5. The summed E-state index contributed by atoms with van der Waals surface area (Å²) in [5.41, 5.74) is 1.75. The van der Waals surface area contributed by atoms with Crippen molar-refractivity contribution in [3.8, 4) is 0 Å². The summed E-state index contributed by atoms with van der Waals surface area (Å²) in [7, 11) is -3.87. The number of carbonyl (C=O) groups excluding carboxylic acids is 2. The van der Waals surface area contributed by atoms with Crippen LogP contribution in [0.1, 0.15) is 25.0 Å². The Morgan fingerprint density at radius 1 is 0.923 bits per heavy atom. The number of rotatable bonds is 12. The van der Waals surface area contributed by atoms with E-state index in [1.54, 1.807) is 36.4 Å². The third-order valence-electron chi connectivity index (χ3n) is 6.02. The molecule has 0 heterocycles. The fraction of sp³-hybridized carbons (Fsp3) is 0.310. The van der Waals surface area contributed by atoms with Gasteiger partial charge in [0, 0.05) is 24.0 Å². The van der Waals surface area contributed by atoms with Crippen LogP contribution in [0.4, 0.5) is 10.1 Å². The van der Waals surface area contributed by atoms with Crippen molar-refractivity contribution in [3.05, 3.63) is 100 Å². The molecule has 208 valence electrons. The Hall–Kier alpha value is -3.24. The smallest absolute Gasteiger partial charge is 0.244 e. The number of sulfonamides is 1. The number of benzene rings is 3. The summed E-state index contributed by atoms with van der Waals surface area (Å²) in [5, 5.41) is 2.92. The molecule has 0 radical (unpaired) electrons. The van der Waals surface area contributed by atoms with Crippen LogP contribution in [-0.4, -0.2) is 50.5 Å². The molecule has 1 N–H and O–H groups in total. The van der Waals surface area contributed by atoms with E-state index in [9.17, 15) is 22.4 Å². The predicted octanol–water partition coefficient (Wildman–Crippen LogP) is 4.77. The lowest BCUT2D eigenvalue weighted by molar-refractivity contribution is -0.140. The first-order valence-electron chi connectivity index (χ1n) is 12.5. The van der Waals surface area contributed by atoms with Crippen LogP contribution in [0.25, 0.3) is 0 Å². The molecular formula is C29H33BrFN3O4S. The van der Waals surface area contributed by atoms with Gasteiger partial charge in [0.1, 0.15) is 18.4 Å². The van der Waals surface area contributed by atoms with Gasteiger partial charge in [-0.3, -0.25) is 13.9 Å². The number of amides is 2. The zero-order chi connectivity index (χ0) is 28.6. The first-order valence-corrected chi connectivity index (χ1v) is 15.2. The summed E-state index contributed by atoms with van der Waals surface area (Å²) in [6, 6.07) is 20.7. The van der Waals surface area contributed by atoms with Crippen LogP contribution >= 0.6 is 15.9 Å². The maximum Gasteiger partial charge on any atom is 0.244 e. The molecule has 39 heavy (non-hydrogen) atoms. The van der Waals surface area contributed by atoms with E-state index >= 15 is 0 Å². The summed E-state index contributed by atoms with van der Waals surface area (Å²) in [6.07, 6.45) is 1.24. The van der Waals surface area contributed by atoms with Gasteiger partial charge in [0.15, 0.2) is 0 Å². The van der Waals surface area contributed by atoms with E-state index in [1.807, 2.05) is 44.2 Å². The largest absolute Gasteiger partial charge is 0.354 e. The SMILES string of the molecule is CC(C)CNC(=O)[C@@H](Cc1ccccc1)N(Cc1ccc(F)cc1)C(=O)CN(c1ccccc1Br)S(C)(=O)=O. The lowest BCUT2D eigenvalue weighted by Gasteiger charge is -2.33. The molecule has 0 aromatic heterocycles. The van der Waals surface area contributed by atoms with E-state index in [0.717, 1.165) is 16.1 Å². The third-order valence-corrected chi connectivity index (χ3v) is 7.82. The van der Waals surface area contributed by atoms with Gasteiger partial charge in [-0.15, -0.1) is 0 Å². The molecule has 0 aliphatic rings. The Kier molecular flexibility index (Phi) is 10.7. The number of anilines is 1. The number of hydrogen-bond acceptors (Lipinski definition) is 4. The van der Waals surface area contributed by atoms with Crippen molar-refractivity contribution in [3.63, 3.8) is 0 Å². The summed E-state index contributed by atoms with van der Waals surface area (Å²) < 4.78 is 40.8. The second-order valence-electron chi connectivity index (χ2n) is 9.71. The van der Waals surface area contributed by atoms with Crippen LogP contribution in [0.5, 0.6) is 0 Å². The van der Waals surface area contributed by atoms with Crippen molar-refractivity contribution >= 4 is 43.5 Å². The molecule has 3 aromatic rings. The lowest BCUT2D eigenvalue weighted by atomic mass is 10.0. The molecule has 2 amide bonds. The number of carbonyl (C=O) groups is 2. The van der Waals surface area contributed by atoms with Crippen LogP contribution in [0.15, 0.2) is 83.3 Å². The molecule has 10 heteroatoms. The molecule has 0 aliphatic carbocycles. The van der Waals surface area contributed by atoms with Gasteiger partial charge < -0.3 is 10.2 Å². The van der Waals surface area contributed by atoms with Gasteiger partial charge in [0.2, 0.25) is 21.8 Å². The Morgan fingerprint density at radius 3 is 2.13 bits per heavy atom. The highest BCUT2D eigenvalue weighted by molar-refractivity contribution is 9.10. The second-order valence-corrected chi connectivity index (χ2v) is 12.5. The molecular weight excluding hydrogens is 585 g/mol. The van der Waals surface area contributed by atoms with E-state index in [2.05, 4.69) is 21.2 Å². The van der Waals surface area contributed by atoms with Crippen molar-refractivity contribution in [1.29, 1.82) is 0 Å². The minimum Gasteiger partial charge on any atom is -0.354 e. The number of hydrogen-bond donors (Lipinski definition) is 1. The van der Waals surface area contributed by atoms with Crippen LogP contribution < -0.4 is 9.62 Å². The lowest BCUT2D eigenvalue weighted by Crippen LogP contribution is -2.53. The van der Waals surface area contributed by atoms with Crippen molar-refractivity contribution in [2.45, 2.75) is 32.9 Å². The van der Waals surface area contributed by atoms with Gasteiger partial charge in [-0.2, -0.15) is 0 Å². The van der Waals surface area contributed by atoms with E-state index in [0.29, 0.717) is 22.3 Å². The van der Waals surface area contributed by atoms with Crippen molar-refractivity contribution in [1.82, 2.24) is 10.2 Å². The Balaban J connectivity index is 2.05. The highest BCUT2D eigenvalue weighted by atomic mass is 79.9. The molecule has 0 saturated carbocycles. The molecule has 0 bridgehead atoms. The third kappa shape index (κ3) is 8.90. The molecule has 3 aromatic carbocycles. The number of para-hydroxylation sites is 1. The zero-order valence-electron chi connectivity index (χ0n) is 22.2. The van der Waals surface area contributed by atoms with Gasteiger partial charge in [-0.1, -0.05) is 68.4 Å². The van der Waals surface area contributed by atoms with Gasteiger partial charge >= 0.3 is 0 Å². The van der Waals surface area contributed by atoms with Crippen molar-refractivity contribution in [2.75, 3.05) is 23.7 Å². The standard InChI is InChI=1S/C29H33BrFN3O4S/c1-21(2)18-32-29(36)27(17-22-9-5-4-6-10-22)33(19-23-13-15-24(31)16-14-23)28(35)20-34(39(3,37)38)26-12-8-7-11-25(26)30/h4-16,21,27H,17-20H2,1-3H3,(H,32,36)/t27-/m1/s1. The summed E-state index contributed by atoms with van der Waals surface area (Å²) in [6.45, 7) is 3.81. The molecule has 3 rings (SSSR count). The molecule has 0 fully saturated rings. The zero-order valence-corrected chi connectivity index (χ0v) is 24.6. The second kappa shape index (κ2) is 13.7. The van der Waals surface area contributed by atoms with E-state index in [1.165, 1.54) is 17.0 Å². The maximum atomic E-state index is 14.0. The quantitative estimate of drug-likeness (QED) is 0.317. The minimum atomic E-state index is -3.87. The minimum absolute atomic E-state index is 0.0146. The Bertz CT molecular complexity index is 1370. The van der Waals surface area contributed by atoms with E-state index in [4.69, 9.17) is 0 Å². The molecule has 1 atom stereocenters. The maximum absolute atomic E-state index is 14.0. The Labute approximate surface area is 238 Å². The molecule has 0 saturated heterocycles. The molecule has 0 aliphatic heterocycles. The first kappa shape index (κ1) is 30.3. The number of nitrogens with zero attached hydrogens (tertiary/aromatic N) is 2. The van der Waals surface area contributed by atoms with Crippen LogP contribution in [0.3, 0.4) is 0 Å². The normalized spacial score (nSPS) is 12.2. The number of halogens is 2. The van der Waals surface area contributed by atoms with Crippen molar-refractivity contribution in [2.24, 2.45) is 5.92 Å². The van der Waals surface area contributed by atoms with Gasteiger partial charge in [-0.05, 0) is 57.2 Å². The van der Waals surface area contributed by atoms with Crippen LogP contribution in [0.2, 0.25) is 0 Å². The topological polar surface area (TPSA) is 86.8 Å². The van der Waals surface area contributed by atoms with Gasteiger partial charge in [-0.25, -0.2) is 12.8 Å². The summed E-state index contributed by atoms with van der Waals surface area (Å²) in [5.74, 6) is -1.16. The summed E-state index contributed by atoms with van der Waals surface area (Å²) >= 11 is 3.38. The average molecular weight is 619 g/mol.